The zero-order valence-corrected chi connectivity index (χ0v) is 24.7. The molecule has 2 unspecified atom stereocenters. The van der Waals surface area contributed by atoms with Crippen molar-refractivity contribution >= 4 is 75.4 Å². The Morgan fingerprint density at radius 2 is 1.65 bits per heavy atom. The Hall–Kier alpha value is -3.58. The van der Waals surface area contributed by atoms with Crippen LogP contribution in [0.25, 0.3) is 0 Å². The zero-order chi connectivity index (χ0) is 30.6. The van der Waals surface area contributed by atoms with E-state index in [4.69, 9.17) is 23.2 Å². The van der Waals surface area contributed by atoms with Gasteiger partial charge in [-0.25, -0.2) is 4.90 Å². The molecule has 14 heteroatoms. The summed E-state index contributed by atoms with van der Waals surface area (Å²) in [5.74, 6) is -4.01. The lowest BCUT2D eigenvalue weighted by Gasteiger charge is -2.31. The number of alkyl halides is 3. The number of hydrogen-bond donors (Lipinski definition) is 1. The number of fused-ring (bicyclic) bond motifs is 2. The Balaban J connectivity index is 1.45. The Morgan fingerprint density at radius 1 is 0.930 bits per heavy atom. The summed E-state index contributed by atoms with van der Waals surface area (Å²) in [5.41, 5.74) is -0.340. The lowest BCUT2D eigenvalue weighted by Crippen LogP contribution is -2.33. The number of para-hydroxylation sites is 1. The molecule has 0 aliphatic carbocycles. The number of nitrogens with one attached hydrogen (secondary N) is 1. The highest BCUT2D eigenvalue weighted by Gasteiger charge is 2.57. The summed E-state index contributed by atoms with van der Waals surface area (Å²) in [5, 5.41) is 2.18. The maximum atomic E-state index is 14.0. The maximum absolute atomic E-state index is 14.0. The number of thiazole rings is 1. The number of carbonyl (C=O) groups excluding carboxylic acids is 3. The summed E-state index contributed by atoms with van der Waals surface area (Å²) in [4.78, 5) is 54.6. The molecule has 1 fully saturated rings. The maximum Gasteiger partial charge on any atom is 0.416 e. The lowest BCUT2D eigenvalue weighted by atomic mass is 9.83. The Morgan fingerprint density at radius 3 is 2.37 bits per heavy atom. The SMILES string of the molecule is O=C(Cn1c2c(sc1=O)[C@H](c1cccc(Cl)c1Cl)C1C(=O)N(c3cccc(C(F)(F)F)c3)C(=O)C1S2)Nc1ccccc1. The minimum Gasteiger partial charge on any atom is -0.325 e. The molecule has 220 valence electrons. The number of imide groups is 1. The quantitative estimate of drug-likeness (QED) is 0.241. The van der Waals surface area contributed by atoms with E-state index in [1.165, 1.54) is 10.6 Å². The van der Waals surface area contributed by atoms with Gasteiger partial charge in [0.1, 0.15) is 11.8 Å². The molecule has 0 saturated carbocycles. The number of rotatable bonds is 5. The van der Waals surface area contributed by atoms with E-state index in [0.717, 1.165) is 46.2 Å². The van der Waals surface area contributed by atoms with E-state index in [1.54, 1.807) is 48.5 Å². The van der Waals surface area contributed by atoms with E-state index >= 15 is 0 Å². The second kappa shape index (κ2) is 11.2. The van der Waals surface area contributed by atoms with Crippen LogP contribution in [0, 0.1) is 5.92 Å². The summed E-state index contributed by atoms with van der Waals surface area (Å²) in [6, 6.07) is 17.4. The summed E-state index contributed by atoms with van der Waals surface area (Å²) < 4.78 is 41.7. The molecule has 0 bridgehead atoms. The van der Waals surface area contributed by atoms with Crippen LogP contribution in [0.15, 0.2) is 82.6 Å². The molecule has 43 heavy (non-hydrogen) atoms. The van der Waals surface area contributed by atoms with Crippen LogP contribution in [0.5, 0.6) is 0 Å². The van der Waals surface area contributed by atoms with Gasteiger partial charge >= 0.3 is 11.0 Å². The predicted octanol–water partition coefficient (Wildman–Crippen LogP) is 6.67. The van der Waals surface area contributed by atoms with Crippen LogP contribution < -0.4 is 15.1 Å². The molecule has 3 aromatic carbocycles. The number of carbonyl (C=O) groups is 3. The van der Waals surface area contributed by atoms with Crippen molar-refractivity contribution in [2.75, 3.05) is 10.2 Å². The minimum absolute atomic E-state index is 0.109. The van der Waals surface area contributed by atoms with Gasteiger partial charge in [-0.1, -0.05) is 82.7 Å². The highest BCUT2D eigenvalue weighted by atomic mass is 35.5. The van der Waals surface area contributed by atoms with Crippen LogP contribution in [0.2, 0.25) is 10.0 Å². The lowest BCUT2D eigenvalue weighted by molar-refractivity contribution is -0.137. The monoisotopic (exact) mass is 663 g/mol. The van der Waals surface area contributed by atoms with Crippen molar-refractivity contribution in [3.63, 3.8) is 0 Å². The number of amides is 3. The highest BCUT2D eigenvalue weighted by Crippen LogP contribution is 2.55. The molecule has 4 aromatic rings. The Kier molecular flexibility index (Phi) is 7.66. The summed E-state index contributed by atoms with van der Waals surface area (Å²) in [6.45, 7) is -0.376. The largest absolute Gasteiger partial charge is 0.416 e. The standard InChI is InChI=1S/C29H18Cl2F3N3O4S2/c30-18-11-5-10-17(22(18)31)20-21-23(26(40)37(25(21)39)16-9-4-6-14(12-16)29(32,33)34)42-27-24(20)43-28(41)36(27)13-19(38)35-15-7-2-1-3-8-15/h1-12,20-21,23H,13H2,(H,35,38)/t20-,21?,23?/m1/s1. The van der Waals surface area contributed by atoms with Gasteiger partial charge in [0.25, 0.3) is 0 Å². The minimum atomic E-state index is -4.69. The molecule has 6 rings (SSSR count). The highest BCUT2D eigenvalue weighted by molar-refractivity contribution is 8.00. The summed E-state index contributed by atoms with van der Waals surface area (Å²) in [7, 11) is 0. The number of hydrogen-bond acceptors (Lipinski definition) is 6. The van der Waals surface area contributed by atoms with Crippen molar-refractivity contribution in [3.8, 4) is 0 Å². The predicted molar refractivity (Wildman–Crippen MR) is 159 cm³/mol. The molecule has 0 spiro atoms. The van der Waals surface area contributed by atoms with E-state index < -0.39 is 51.4 Å². The second-order valence-corrected chi connectivity index (χ2v) is 12.7. The van der Waals surface area contributed by atoms with Crippen LogP contribution in [0.1, 0.15) is 21.9 Å². The smallest absolute Gasteiger partial charge is 0.325 e. The van der Waals surface area contributed by atoms with E-state index in [0.29, 0.717) is 21.2 Å². The fourth-order valence-corrected chi connectivity index (χ4v) is 8.48. The van der Waals surface area contributed by atoms with Gasteiger partial charge in [0.05, 0.1) is 32.2 Å². The fraction of sp³-hybridized carbons (Fsp3) is 0.172. The normalized spacial score (nSPS) is 19.7. The number of anilines is 2. The van der Waals surface area contributed by atoms with Gasteiger partial charge in [0.2, 0.25) is 17.7 Å². The molecule has 3 atom stereocenters. The molecular formula is C29H18Cl2F3N3O4S2. The average Bonchev–Trinajstić information content (AvgIpc) is 3.41. The summed E-state index contributed by atoms with van der Waals surface area (Å²) in [6.07, 6.45) is -4.69. The third kappa shape index (κ3) is 5.26. The van der Waals surface area contributed by atoms with Crippen LogP contribution >= 0.6 is 46.3 Å². The van der Waals surface area contributed by atoms with Crippen LogP contribution in [0.4, 0.5) is 24.5 Å². The first-order chi connectivity index (χ1) is 20.5. The van der Waals surface area contributed by atoms with E-state index in [1.807, 2.05) is 0 Å². The molecular weight excluding hydrogens is 646 g/mol. The van der Waals surface area contributed by atoms with Crippen molar-refractivity contribution in [3.05, 3.63) is 109 Å². The topological polar surface area (TPSA) is 88.5 Å². The zero-order valence-electron chi connectivity index (χ0n) is 21.6. The Bertz CT molecular complexity index is 1840. The number of nitrogens with zero attached hydrogens (tertiary/aromatic N) is 2. The second-order valence-electron chi connectivity index (χ2n) is 9.78. The first kappa shape index (κ1) is 29.5. The van der Waals surface area contributed by atoms with Crippen LogP contribution in [-0.2, 0) is 27.1 Å². The van der Waals surface area contributed by atoms with Gasteiger partial charge in [-0.05, 0) is 42.0 Å². The number of aromatic nitrogens is 1. The van der Waals surface area contributed by atoms with E-state index in [9.17, 15) is 32.3 Å². The van der Waals surface area contributed by atoms with Crippen molar-refractivity contribution in [1.82, 2.24) is 4.57 Å². The molecule has 2 aliphatic rings. The van der Waals surface area contributed by atoms with Gasteiger partial charge in [-0.2, -0.15) is 13.2 Å². The van der Waals surface area contributed by atoms with Crippen molar-refractivity contribution < 1.29 is 27.6 Å². The van der Waals surface area contributed by atoms with Gasteiger partial charge in [-0.15, -0.1) is 0 Å². The van der Waals surface area contributed by atoms with Crippen molar-refractivity contribution in [2.45, 2.75) is 28.9 Å². The van der Waals surface area contributed by atoms with Crippen LogP contribution in [-0.4, -0.2) is 27.5 Å². The summed E-state index contributed by atoms with van der Waals surface area (Å²) >= 11 is 14.7. The molecule has 2 aliphatic heterocycles. The average molecular weight is 665 g/mol. The van der Waals surface area contributed by atoms with E-state index in [2.05, 4.69) is 5.32 Å². The number of thioether (sulfide) groups is 1. The molecule has 1 saturated heterocycles. The number of benzene rings is 3. The van der Waals surface area contributed by atoms with Crippen molar-refractivity contribution in [1.29, 1.82) is 0 Å². The van der Waals surface area contributed by atoms with Gasteiger partial charge in [0.15, 0.2) is 0 Å². The molecule has 3 heterocycles. The first-order valence-corrected chi connectivity index (χ1v) is 15.1. The molecule has 0 radical (unpaired) electrons. The Labute approximate surface area is 260 Å². The first-order valence-electron chi connectivity index (χ1n) is 12.7. The van der Waals surface area contributed by atoms with E-state index in [-0.39, 0.29) is 22.3 Å². The van der Waals surface area contributed by atoms with Crippen LogP contribution in [0.3, 0.4) is 0 Å². The molecule has 3 amide bonds. The molecule has 7 nitrogen and oxygen atoms in total. The molecule has 1 N–H and O–H groups in total. The van der Waals surface area contributed by atoms with Gasteiger partial charge in [0, 0.05) is 16.5 Å². The third-order valence-electron chi connectivity index (χ3n) is 7.16. The van der Waals surface area contributed by atoms with Gasteiger partial charge in [-0.3, -0.25) is 23.7 Å². The fourth-order valence-electron chi connectivity index (χ4n) is 5.29. The third-order valence-corrected chi connectivity index (χ3v) is 10.6. The van der Waals surface area contributed by atoms with Crippen molar-refractivity contribution in [2.24, 2.45) is 5.92 Å². The molecule has 1 aromatic heterocycles. The number of halogens is 5. The van der Waals surface area contributed by atoms with Gasteiger partial charge < -0.3 is 5.32 Å².